The van der Waals surface area contributed by atoms with Crippen LogP contribution in [-0.4, -0.2) is 36.5 Å². The maximum absolute atomic E-state index is 13.2. The smallest absolute Gasteiger partial charge is 0.268 e. The number of quaternary nitrogens is 1. The third kappa shape index (κ3) is 3.98. The molecule has 2 aromatic carbocycles. The lowest BCUT2D eigenvalue weighted by Crippen LogP contribution is -3.00. The van der Waals surface area contributed by atoms with Gasteiger partial charge in [0.1, 0.15) is 6.54 Å². The fourth-order valence-corrected chi connectivity index (χ4v) is 5.03. The Hall–Kier alpha value is -1.63. The first-order valence-corrected chi connectivity index (χ1v) is 10.7. The van der Waals surface area contributed by atoms with E-state index in [0.29, 0.717) is 4.90 Å². The molecule has 0 saturated carbocycles. The van der Waals surface area contributed by atoms with Crippen LogP contribution in [0.4, 0.5) is 0 Å². The summed E-state index contributed by atoms with van der Waals surface area (Å²) in [5.41, 5.74) is 1.83. The van der Waals surface area contributed by atoms with Gasteiger partial charge in [0.25, 0.3) is 10.0 Å². The van der Waals surface area contributed by atoms with Gasteiger partial charge in [-0.2, -0.15) is 0 Å². The van der Waals surface area contributed by atoms with Crippen molar-refractivity contribution in [2.24, 2.45) is 0 Å². The zero-order valence-electron chi connectivity index (χ0n) is 16.1. The Bertz CT molecular complexity index is 985. The number of benzene rings is 2. The predicted molar refractivity (Wildman–Crippen MR) is 107 cm³/mol. The third-order valence-corrected chi connectivity index (χ3v) is 7.27. The molecular formula is C21H27BrN2O2S. The summed E-state index contributed by atoms with van der Waals surface area (Å²) in [6.45, 7) is 10.5. The van der Waals surface area contributed by atoms with Crippen LogP contribution >= 0.6 is 0 Å². The quantitative estimate of drug-likeness (QED) is 0.508. The normalized spacial score (nSPS) is 12.1. The van der Waals surface area contributed by atoms with Crippen molar-refractivity contribution >= 4 is 20.9 Å². The van der Waals surface area contributed by atoms with E-state index in [9.17, 15) is 8.42 Å². The molecule has 3 aromatic rings. The highest BCUT2D eigenvalue weighted by atomic mass is 79.9. The van der Waals surface area contributed by atoms with Gasteiger partial charge in [0.15, 0.2) is 0 Å². The Morgan fingerprint density at radius 2 is 1.41 bits per heavy atom. The van der Waals surface area contributed by atoms with Crippen LogP contribution in [-0.2, 0) is 16.6 Å². The first kappa shape index (κ1) is 21.7. The van der Waals surface area contributed by atoms with Crippen molar-refractivity contribution in [3.8, 4) is 0 Å². The minimum absolute atomic E-state index is 0. The summed E-state index contributed by atoms with van der Waals surface area (Å²) in [7, 11) is -3.61. The van der Waals surface area contributed by atoms with Crippen LogP contribution in [0.5, 0.6) is 0 Å². The Labute approximate surface area is 172 Å². The van der Waals surface area contributed by atoms with E-state index in [2.05, 4.69) is 20.8 Å². The van der Waals surface area contributed by atoms with Crippen molar-refractivity contribution in [3.05, 3.63) is 66.4 Å². The summed E-state index contributed by atoms with van der Waals surface area (Å²) >= 11 is 0. The summed E-state index contributed by atoms with van der Waals surface area (Å²) in [6, 6.07) is 16.4. The predicted octanol–water partition coefficient (Wildman–Crippen LogP) is 1.26. The monoisotopic (exact) mass is 450 g/mol. The van der Waals surface area contributed by atoms with Gasteiger partial charge in [-0.3, -0.25) is 0 Å². The molecular weight excluding hydrogens is 424 g/mol. The van der Waals surface area contributed by atoms with E-state index in [4.69, 9.17) is 0 Å². The molecule has 0 aliphatic heterocycles. The lowest BCUT2D eigenvalue weighted by molar-refractivity contribution is -0.936. The molecule has 0 spiro atoms. The molecule has 1 aromatic heterocycles. The van der Waals surface area contributed by atoms with E-state index in [1.807, 2.05) is 36.5 Å². The van der Waals surface area contributed by atoms with Gasteiger partial charge in [0, 0.05) is 17.1 Å². The second-order valence-corrected chi connectivity index (χ2v) is 8.55. The number of fused-ring (bicyclic) bond motifs is 1. The largest absolute Gasteiger partial charge is 1.00 e. The molecule has 0 saturated heterocycles. The van der Waals surface area contributed by atoms with Crippen molar-refractivity contribution in [1.29, 1.82) is 0 Å². The summed E-state index contributed by atoms with van der Waals surface area (Å²) in [4.78, 5) is 0.314. The van der Waals surface area contributed by atoms with Crippen molar-refractivity contribution in [2.75, 3.05) is 19.6 Å². The molecule has 6 heteroatoms. The van der Waals surface area contributed by atoms with Crippen LogP contribution in [0.25, 0.3) is 10.9 Å². The first-order chi connectivity index (χ1) is 12.5. The molecule has 0 aliphatic carbocycles. The van der Waals surface area contributed by atoms with Crippen molar-refractivity contribution < 1.29 is 29.9 Å². The van der Waals surface area contributed by atoms with Gasteiger partial charge < -0.3 is 21.5 Å². The van der Waals surface area contributed by atoms with Gasteiger partial charge in [-0.25, -0.2) is 12.4 Å². The second kappa shape index (κ2) is 8.59. The van der Waals surface area contributed by atoms with Gasteiger partial charge in [-0.1, -0.05) is 36.4 Å². The van der Waals surface area contributed by atoms with Crippen molar-refractivity contribution in [3.63, 3.8) is 0 Å². The van der Waals surface area contributed by atoms with E-state index in [1.54, 1.807) is 24.3 Å². The Morgan fingerprint density at radius 1 is 0.852 bits per heavy atom. The third-order valence-electron chi connectivity index (χ3n) is 5.58. The maximum Gasteiger partial charge on any atom is 0.268 e. The van der Waals surface area contributed by atoms with Gasteiger partial charge in [0.2, 0.25) is 0 Å². The number of halogens is 1. The molecule has 0 amide bonds. The molecule has 0 bridgehead atoms. The summed E-state index contributed by atoms with van der Waals surface area (Å²) in [5.74, 6) is 0. The van der Waals surface area contributed by atoms with E-state index in [-0.39, 0.29) is 17.0 Å². The average molecular weight is 451 g/mol. The Kier molecular flexibility index (Phi) is 6.89. The molecule has 0 aliphatic rings. The molecule has 0 atom stereocenters. The molecule has 0 N–H and O–H groups in total. The molecule has 4 nitrogen and oxygen atoms in total. The molecule has 0 radical (unpaired) electrons. The highest BCUT2D eigenvalue weighted by molar-refractivity contribution is 7.90. The van der Waals surface area contributed by atoms with E-state index >= 15 is 0 Å². The Balaban J connectivity index is 0.00000261. The van der Waals surface area contributed by atoms with Gasteiger partial charge >= 0.3 is 0 Å². The van der Waals surface area contributed by atoms with E-state index in [0.717, 1.165) is 47.1 Å². The molecule has 1 heterocycles. The molecule has 3 rings (SSSR count). The number of hydrogen-bond acceptors (Lipinski definition) is 2. The zero-order chi connectivity index (χ0) is 18.8. The highest BCUT2D eigenvalue weighted by Gasteiger charge is 2.26. The minimum atomic E-state index is -3.61. The van der Waals surface area contributed by atoms with Gasteiger partial charge in [0.05, 0.1) is 30.0 Å². The second-order valence-electron chi connectivity index (χ2n) is 6.73. The lowest BCUT2D eigenvalue weighted by atomic mass is 10.1. The summed E-state index contributed by atoms with van der Waals surface area (Å²) < 4.78 is 28.8. The maximum atomic E-state index is 13.2. The highest BCUT2D eigenvalue weighted by Crippen LogP contribution is 2.28. The molecule has 0 fully saturated rings. The van der Waals surface area contributed by atoms with Crippen LogP contribution < -0.4 is 17.0 Å². The number of para-hydroxylation sites is 1. The van der Waals surface area contributed by atoms with E-state index in [1.165, 1.54) is 3.97 Å². The average Bonchev–Trinajstić information content (AvgIpc) is 3.06. The number of aromatic nitrogens is 1. The SMILES string of the molecule is CC[N+](CC)(CC)Cc1cn(S(=O)(=O)c2ccccc2)c2ccccc12.[Br-]. The van der Waals surface area contributed by atoms with Crippen LogP contribution in [0.2, 0.25) is 0 Å². The van der Waals surface area contributed by atoms with Crippen molar-refractivity contribution in [2.45, 2.75) is 32.2 Å². The first-order valence-electron chi connectivity index (χ1n) is 9.22. The number of hydrogen-bond donors (Lipinski definition) is 0. The fourth-order valence-electron chi connectivity index (χ4n) is 3.62. The van der Waals surface area contributed by atoms with Crippen LogP contribution in [0.3, 0.4) is 0 Å². The van der Waals surface area contributed by atoms with Crippen LogP contribution in [0.15, 0.2) is 65.7 Å². The Morgan fingerprint density at radius 3 is 2.00 bits per heavy atom. The zero-order valence-corrected chi connectivity index (χ0v) is 18.5. The standard InChI is InChI=1S/C21H27N2O2S.BrH/c1-4-23(5-2,6-3)17-18-16-22(21-15-11-10-14-20(18)21)26(24,25)19-12-8-7-9-13-19;/h7-16H,4-6,17H2,1-3H3;1H/q+1;/p-1. The minimum Gasteiger partial charge on any atom is -1.00 e. The van der Waals surface area contributed by atoms with E-state index < -0.39 is 10.0 Å². The molecule has 146 valence electrons. The lowest BCUT2D eigenvalue weighted by Gasteiger charge is -2.35. The summed E-state index contributed by atoms with van der Waals surface area (Å²) in [6.07, 6.45) is 1.82. The topological polar surface area (TPSA) is 39.1 Å². The number of rotatable bonds is 7. The number of nitrogens with zero attached hydrogens (tertiary/aromatic N) is 2. The van der Waals surface area contributed by atoms with Gasteiger partial charge in [-0.05, 0) is 39.0 Å². The van der Waals surface area contributed by atoms with Crippen molar-refractivity contribution in [1.82, 2.24) is 3.97 Å². The fraction of sp³-hybridized carbons (Fsp3) is 0.333. The molecule has 0 unspecified atom stereocenters. The summed E-state index contributed by atoms with van der Waals surface area (Å²) in [5, 5.41) is 1.02. The van der Waals surface area contributed by atoms with Crippen LogP contribution in [0.1, 0.15) is 26.3 Å². The van der Waals surface area contributed by atoms with Crippen LogP contribution in [0, 0.1) is 0 Å². The van der Waals surface area contributed by atoms with Gasteiger partial charge in [-0.15, -0.1) is 0 Å². The molecule has 27 heavy (non-hydrogen) atoms.